The van der Waals surface area contributed by atoms with E-state index >= 15 is 0 Å². The van der Waals surface area contributed by atoms with E-state index in [1.807, 2.05) is 35.2 Å². The van der Waals surface area contributed by atoms with Gasteiger partial charge in [-0.3, -0.25) is 4.90 Å². The number of rotatable bonds is 5. The van der Waals surface area contributed by atoms with E-state index in [-0.39, 0.29) is 12.1 Å². The Morgan fingerprint density at radius 1 is 0.882 bits per heavy atom. The SMILES string of the molecule is COc1ccccc1CN1C(=O)N(C2CCN(c3c(C)cccc3C)CC2)Cc2ccccc21. The fourth-order valence-corrected chi connectivity index (χ4v) is 5.56. The van der Waals surface area contributed by atoms with E-state index in [4.69, 9.17) is 4.74 Å². The zero-order valence-electron chi connectivity index (χ0n) is 20.3. The quantitative estimate of drug-likeness (QED) is 0.479. The lowest BCUT2D eigenvalue weighted by atomic mass is 9.98. The molecule has 3 aromatic carbocycles. The van der Waals surface area contributed by atoms with Gasteiger partial charge < -0.3 is 14.5 Å². The normalized spacial score (nSPS) is 16.6. The number of nitrogens with zero attached hydrogens (tertiary/aromatic N) is 3. The van der Waals surface area contributed by atoms with Crippen LogP contribution in [0.1, 0.15) is 35.1 Å². The average molecular weight is 456 g/mol. The van der Waals surface area contributed by atoms with Gasteiger partial charge in [-0.1, -0.05) is 54.6 Å². The number of hydrogen-bond donors (Lipinski definition) is 0. The number of anilines is 2. The van der Waals surface area contributed by atoms with Crippen LogP contribution in [-0.4, -0.2) is 37.2 Å². The molecule has 5 heteroatoms. The first-order valence-corrected chi connectivity index (χ1v) is 12.2. The molecule has 0 spiro atoms. The van der Waals surface area contributed by atoms with E-state index in [0.29, 0.717) is 13.1 Å². The summed E-state index contributed by atoms with van der Waals surface area (Å²) in [5.41, 5.74) is 7.22. The van der Waals surface area contributed by atoms with Crippen LogP contribution in [0, 0.1) is 13.8 Å². The zero-order chi connectivity index (χ0) is 23.7. The molecule has 1 saturated heterocycles. The monoisotopic (exact) mass is 455 g/mol. The average Bonchev–Trinajstić information content (AvgIpc) is 2.86. The molecule has 0 aromatic heterocycles. The van der Waals surface area contributed by atoms with Gasteiger partial charge in [-0.15, -0.1) is 0 Å². The highest BCUT2D eigenvalue weighted by Gasteiger charge is 2.36. The number of ether oxygens (including phenoxy) is 1. The molecule has 5 nitrogen and oxygen atoms in total. The van der Waals surface area contributed by atoms with Gasteiger partial charge in [0.05, 0.1) is 19.3 Å². The topological polar surface area (TPSA) is 36.0 Å². The van der Waals surface area contributed by atoms with Crippen molar-refractivity contribution in [3.8, 4) is 5.75 Å². The summed E-state index contributed by atoms with van der Waals surface area (Å²) >= 11 is 0. The van der Waals surface area contributed by atoms with Crippen molar-refractivity contribution in [1.29, 1.82) is 0 Å². The molecule has 5 rings (SSSR count). The van der Waals surface area contributed by atoms with Gasteiger partial charge in [-0.25, -0.2) is 4.79 Å². The van der Waals surface area contributed by atoms with E-state index in [1.54, 1.807) is 7.11 Å². The number of amides is 2. The number of aryl methyl sites for hydroxylation is 2. The summed E-state index contributed by atoms with van der Waals surface area (Å²) in [5, 5.41) is 0. The molecular formula is C29H33N3O2. The summed E-state index contributed by atoms with van der Waals surface area (Å²) in [7, 11) is 1.68. The van der Waals surface area contributed by atoms with Gasteiger partial charge in [0.2, 0.25) is 0 Å². The van der Waals surface area contributed by atoms with Crippen LogP contribution in [0.25, 0.3) is 0 Å². The summed E-state index contributed by atoms with van der Waals surface area (Å²) in [6, 6.07) is 23.1. The lowest BCUT2D eigenvalue weighted by molar-refractivity contribution is 0.159. The maximum absolute atomic E-state index is 13.8. The summed E-state index contributed by atoms with van der Waals surface area (Å²) < 4.78 is 5.57. The Labute approximate surface area is 202 Å². The van der Waals surface area contributed by atoms with Crippen molar-refractivity contribution in [2.45, 2.75) is 45.8 Å². The fraction of sp³-hybridized carbons (Fsp3) is 0.345. The number of urea groups is 1. The van der Waals surface area contributed by atoms with E-state index in [2.05, 4.69) is 60.0 Å². The minimum absolute atomic E-state index is 0.0927. The highest BCUT2D eigenvalue weighted by atomic mass is 16.5. The van der Waals surface area contributed by atoms with Crippen LogP contribution in [0.3, 0.4) is 0 Å². The number of methoxy groups -OCH3 is 1. The van der Waals surface area contributed by atoms with Gasteiger partial charge in [0.25, 0.3) is 0 Å². The highest BCUT2D eigenvalue weighted by molar-refractivity contribution is 5.95. The van der Waals surface area contributed by atoms with E-state index in [9.17, 15) is 4.79 Å². The molecule has 0 aliphatic carbocycles. The smallest absolute Gasteiger partial charge is 0.325 e. The number of para-hydroxylation sites is 3. The highest BCUT2D eigenvalue weighted by Crippen LogP contribution is 2.35. The summed E-state index contributed by atoms with van der Waals surface area (Å²) in [6.07, 6.45) is 1.95. The number of carbonyl (C=O) groups excluding carboxylic acids is 1. The second kappa shape index (κ2) is 9.41. The lowest BCUT2D eigenvalue weighted by Crippen LogP contribution is -2.54. The third-order valence-corrected chi connectivity index (χ3v) is 7.28. The zero-order valence-corrected chi connectivity index (χ0v) is 20.3. The maximum Gasteiger partial charge on any atom is 0.325 e. The molecule has 0 atom stereocenters. The molecule has 176 valence electrons. The molecule has 1 fully saturated rings. The van der Waals surface area contributed by atoms with Crippen molar-refractivity contribution in [2.75, 3.05) is 30.0 Å². The Morgan fingerprint density at radius 3 is 2.29 bits per heavy atom. The van der Waals surface area contributed by atoms with Gasteiger partial charge in [-0.05, 0) is 55.5 Å². The number of hydrogen-bond acceptors (Lipinski definition) is 3. The summed E-state index contributed by atoms with van der Waals surface area (Å²) in [6.45, 7) is 7.48. The molecule has 34 heavy (non-hydrogen) atoms. The molecule has 2 aliphatic rings. The van der Waals surface area contributed by atoms with Crippen molar-refractivity contribution in [3.63, 3.8) is 0 Å². The van der Waals surface area contributed by atoms with Crippen LogP contribution >= 0.6 is 0 Å². The Balaban J connectivity index is 1.38. The molecule has 2 heterocycles. The van der Waals surface area contributed by atoms with Crippen molar-refractivity contribution in [1.82, 2.24) is 4.90 Å². The molecule has 0 bridgehead atoms. The Morgan fingerprint density at radius 2 is 1.56 bits per heavy atom. The molecule has 0 unspecified atom stereocenters. The predicted octanol–water partition coefficient (Wildman–Crippen LogP) is 5.92. The van der Waals surface area contributed by atoms with E-state index in [1.165, 1.54) is 22.4 Å². The van der Waals surface area contributed by atoms with Crippen LogP contribution in [0.4, 0.5) is 16.2 Å². The van der Waals surface area contributed by atoms with Crippen molar-refractivity contribution in [3.05, 3.63) is 89.0 Å². The first kappa shape index (κ1) is 22.3. The van der Waals surface area contributed by atoms with Crippen LogP contribution in [0.2, 0.25) is 0 Å². The van der Waals surface area contributed by atoms with Crippen LogP contribution < -0.4 is 14.5 Å². The predicted molar refractivity (Wildman–Crippen MR) is 138 cm³/mol. The van der Waals surface area contributed by atoms with Crippen LogP contribution in [-0.2, 0) is 13.1 Å². The number of piperidine rings is 1. The standard InChI is InChI=1S/C29H33N3O2/c1-21-9-8-10-22(2)28(21)30-17-15-25(16-18-30)31-19-23-11-4-6-13-26(23)32(29(31)33)20-24-12-5-7-14-27(24)34-3/h4-14,25H,15-20H2,1-3H3. The molecule has 2 amide bonds. The van der Waals surface area contributed by atoms with E-state index < -0.39 is 0 Å². The van der Waals surface area contributed by atoms with Crippen LogP contribution in [0.5, 0.6) is 5.75 Å². The molecule has 3 aromatic rings. The summed E-state index contributed by atoms with van der Waals surface area (Å²) in [4.78, 5) is 20.4. The minimum Gasteiger partial charge on any atom is -0.496 e. The second-order valence-electron chi connectivity index (χ2n) is 9.40. The Kier molecular flexibility index (Phi) is 6.18. The number of benzene rings is 3. The molecule has 0 saturated carbocycles. The molecule has 0 N–H and O–H groups in total. The second-order valence-corrected chi connectivity index (χ2v) is 9.40. The van der Waals surface area contributed by atoms with Crippen molar-refractivity contribution in [2.24, 2.45) is 0 Å². The fourth-order valence-electron chi connectivity index (χ4n) is 5.56. The molecule has 2 aliphatic heterocycles. The Hall–Kier alpha value is -3.47. The third kappa shape index (κ3) is 4.11. The van der Waals surface area contributed by atoms with Crippen LogP contribution in [0.15, 0.2) is 66.7 Å². The lowest BCUT2D eigenvalue weighted by Gasteiger charge is -2.44. The summed E-state index contributed by atoms with van der Waals surface area (Å²) in [5.74, 6) is 0.812. The van der Waals surface area contributed by atoms with Gasteiger partial charge in [0.1, 0.15) is 5.75 Å². The van der Waals surface area contributed by atoms with Gasteiger partial charge >= 0.3 is 6.03 Å². The van der Waals surface area contributed by atoms with E-state index in [0.717, 1.165) is 42.9 Å². The Bertz CT molecular complexity index is 1160. The van der Waals surface area contributed by atoms with Gasteiger partial charge in [0.15, 0.2) is 0 Å². The largest absolute Gasteiger partial charge is 0.496 e. The maximum atomic E-state index is 13.8. The minimum atomic E-state index is 0.0927. The first-order valence-electron chi connectivity index (χ1n) is 12.2. The number of carbonyl (C=O) groups is 1. The molecular weight excluding hydrogens is 422 g/mol. The van der Waals surface area contributed by atoms with Gasteiger partial charge in [-0.2, -0.15) is 0 Å². The third-order valence-electron chi connectivity index (χ3n) is 7.28. The molecule has 0 radical (unpaired) electrons. The van der Waals surface area contributed by atoms with Crippen molar-refractivity contribution < 1.29 is 9.53 Å². The van der Waals surface area contributed by atoms with Gasteiger partial charge in [0, 0.05) is 36.9 Å². The number of fused-ring (bicyclic) bond motifs is 1. The first-order chi connectivity index (χ1) is 16.6. The van der Waals surface area contributed by atoms with Crippen molar-refractivity contribution >= 4 is 17.4 Å².